The number of hydrogen-bond acceptors (Lipinski definition) is 5. The first-order valence-electron chi connectivity index (χ1n) is 12.1. The Bertz CT molecular complexity index is 1060. The Balaban J connectivity index is 1.32. The summed E-state index contributed by atoms with van der Waals surface area (Å²) in [7, 11) is 0. The van der Waals surface area contributed by atoms with Crippen molar-refractivity contribution in [2.24, 2.45) is 5.92 Å². The second-order valence-corrected chi connectivity index (χ2v) is 9.42. The SMILES string of the molecule is CCCC(C)(NC(=O)[C@@H]1OCC[C@@H]1CNC(=O)OCC1c2ccccc2-c2ccccc21)C(=O)O. The Morgan fingerprint density at radius 1 is 1.09 bits per heavy atom. The lowest BCUT2D eigenvalue weighted by molar-refractivity contribution is -0.149. The van der Waals surface area contributed by atoms with Gasteiger partial charge in [-0.25, -0.2) is 9.59 Å². The molecule has 4 rings (SSSR count). The summed E-state index contributed by atoms with van der Waals surface area (Å²) in [4.78, 5) is 37.0. The average Bonchev–Trinajstić information content (AvgIpc) is 3.44. The normalized spacial score (nSPS) is 20.4. The second kappa shape index (κ2) is 10.5. The standard InChI is InChI=1S/C27H32N2O6/c1-3-13-27(2,25(31)32)29-24(30)23-17(12-14-34-23)15-28-26(33)35-16-22-20-10-6-4-8-18(20)19-9-5-7-11-21(19)22/h4-11,17,22-23H,3,12-16H2,1-2H3,(H,28,33)(H,29,30)(H,31,32)/t17-,23-,27?/m1/s1. The van der Waals surface area contributed by atoms with E-state index in [2.05, 4.69) is 34.9 Å². The van der Waals surface area contributed by atoms with Crippen molar-refractivity contribution in [3.05, 3.63) is 59.7 Å². The molecule has 1 unspecified atom stereocenters. The molecular formula is C27H32N2O6. The Labute approximate surface area is 205 Å². The average molecular weight is 481 g/mol. The first-order chi connectivity index (χ1) is 16.8. The number of carbonyl (C=O) groups excluding carboxylic acids is 2. The fourth-order valence-electron chi connectivity index (χ4n) is 5.06. The topological polar surface area (TPSA) is 114 Å². The van der Waals surface area contributed by atoms with Crippen LogP contribution in [0.5, 0.6) is 0 Å². The van der Waals surface area contributed by atoms with Gasteiger partial charge in [0.1, 0.15) is 18.2 Å². The van der Waals surface area contributed by atoms with Crippen molar-refractivity contribution in [3.8, 4) is 11.1 Å². The highest BCUT2D eigenvalue weighted by atomic mass is 16.5. The number of carboxylic acid groups (broad SMARTS) is 1. The molecule has 3 N–H and O–H groups in total. The van der Waals surface area contributed by atoms with Crippen LogP contribution in [-0.2, 0) is 19.1 Å². The van der Waals surface area contributed by atoms with Crippen LogP contribution in [0.2, 0.25) is 0 Å². The summed E-state index contributed by atoms with van der Waals surface area (Å²) in [5.41, 5.74) is 3.23. The van der Waals surface area contributed by atoms with Crippen molar-refractivity contribution in [1.29, 1.82) is 0 Å². The zero-order chi connectivity index (χ0) is 25.0. The van der Waals surface area contributed by atoms with Gasteiger partial charge in [-0.05, 0) is 42.0 Å². The summed E-state index contributed by atoms with van der Waals surface area (Å²) < 4.78 is 11.2. The highest BCUT2D eigenvalue weighted by Crippen LogP contribution is 2.44. The zero-order valence-electron chi connectivity index (χ0n) is 20.1. The Morgan fingerprint density at radius 2 is 1.71 bits per heavy atom. The van der Waals surface area contributed by atoms with E-state index >= 15 is 0 Å². The van der Waals surface area contributed by atoms with Gasteiger partial charge in [-0.2, -0.15) is 0 Å². The predicted molar refractivity (Wildman–Crippen MR) is 130 cm³/mol. The van der Waals surface area contributed by atoms with Gasteiger partial charge >= 0.3 is 12.1 Å². The van der Waals surface area contributed by atoms with E-state index in [-0.39, 0.29) is 25.0 Å². The lowest BCUT2D eigenvalue weighted by Gasteiger charge is -2.28. The maximum Gasteiger partial charge on any atom is 0.407 e. The number of amides is 2. The van der Waals surface area contributed by atoms with E-state index in [4.69, 9.17) is 9.47 Å². The zero-order valence-corrected chi connectivity index (χ0v) is 20.1. The van der Waals surface area contributed by atoms with Gasteiger partial charge in [0.15, 0.2) is 0 Å². The number of ether oxygens (including phenoxy) is 2. The number of carboxylic acids is 1. The van der Waals surface area contributed by atoms with E-state index in [1.165, 1.54) is 6.92 Å². The van der Waals surface area contributed by atoms with E-state index in [1.54, 1.807) is 0 Å². The summed E-state index contributed by atoms with van der Waals surface area (Å²) in [6.07, 6.45) is 0.128. The molecule has 186 valence electrons. The fraction of sp³-hybridized carbons (Fsp3) is 0.444. The van der Waals surface area contributed by atoms with Gasteiger partial charge in [0.25, 0.3) is 0 Å². The molecule has 1 fully saturated rings. The number of rotatable bonds is 9. The molecule has 1 saturated heterocycles. The largest absolute Gasteiger partial charge is 0.480 e. The highest BCUT2D eigenvalue weighted by molar-refractivity contribution is 5.89. The summed E-state index contributed by atoms with van der Waals surface area (Å²) in [5.74, 6) is -1.86. The van der Waals surface area contributed by atoms with Crippen LogP contribution < -0.4 is 10.6 Å². The number of hydrogen-bond donors (Lipinski definition) is 3. The van der Waals surface area contributed by atoms with E-state index in [9.17, 15) is 19.5 Å². The molecule has 1 heterocycles. The van der Waals surface area contributed by atoms with Crippen molar-refractivity contribution >= 4 is 18.0 Å². The molecule has 0 saturated carbocycles. The molecule has 0 radical (unpaired) electrons. The number of carbonyl (C=O) groups is 3. The maximum absolute atomic E-state index is 12.8. The Hall–Kier alpha value is -3.39. The predicted octanol–water partition coefficient (Wildman–Crippen LogP) is 3.69. The molecule has 2 amide bonds. The van der Waals surface area contributed by atoms with E-state index in [0.29, 0.717) is 25.9 Å². The summed E-state index contributed by atoms with van der Waals surface area (Å²) in [5, 5.41) is 14.9. The number of alkyl carbamates (subject to hydrolysis) is 1. The van der Waals surface area contributed by atoms with Crippen molar-refractivity contribution in [2.45, 2.75) is 50.7 Å². The van der Waals surface area contributed by atoms with Gasteiger partial charge in [-0.1, -0.05) is 61.9 Å². The summed E-state index contributed by atoms with van der Waals surface area (Å²) in [6, 6.07) is 16.3. The molecule has 0 spiro atoms. The van der Waals surface area contributed by atoms with Crippen LogP contribution in [0.15, 0.2) is 48.5 Å². The van der Waals surface area contributed by atoms with Crippen LogP contribution in [0.3, 0.4) is 0 Å². The van der Waals surface area contributed by atoms with E-state index in [0.717, 1.165) is 22.3 Å². The lowest BCUT2D eigenvalue weighted by Crippen LogP contribution is -2.56. The van der Waals surface area contributed by atoms with Crippen molar-refractivity contribution in [3.63, 3.8) is 0 Å². The van der Waals surface area contributed by atoms with Crippen molar-refractivity contribution < 1.29 is 29.0 Å². The number of fused-ring (bicyclic) bond motifs is 3. The van der Waals surface area contributed by atoms with Crippen molar-refractivity contribution in [1.82, 2.24) is 10.6 Å². The first kappa shape index (κ1) is 24.7. The van der Waals surface area contributed by atoms with Gasteiger partial charge in [-0.3, -0.25) is 4.79 Å². The van der Waals surface area contributed by atoms with Crippen LogP contribution in [0, 0.1) is 5.92 Å². The minimum absolute atomic E-state index is 0.0336. The molecule has 2 aromatic rings. The number of nitrogens with one attached hydrogen (secondary N) is 2. The molecule has 8 heteroatoms. The molecule has 0 aromatic heterocycles. The second-order valence-electron chi connectivity index (χ2n) is 9.42. The fourth-order valence-corrected chi connectivity index (χ4v) is 5.06. The van der Waals surface area contributed by atoms with Crippen LogP contribution in [-0.4, -0.2) is 54.5 Å². The van der Waals surface area contributed by atoms with Gasteiger partial charge in [0, 0.05) is 25.0 Å². The number of aliphatic carboxylic acids is 1. The quantitative estimate of drug-likeness (QED) is 0.504. The maximum atomic E-state index is 12.8. The smallest absolute Gasteiger partial charge is 0.407 e. The van der Waals surface area contributed by atoms with Gasteiger partial charge in [-0.15, -0.1) is 0 Å². The lowest BCUT2D eigenvalue weighted by atomic mass is 9.94. The van der Waals surface area contributed by atoms with E-state index in [1.807, 2.05) is 31.2 Å². The molecule has 3 atom stereocenters. The molecular weight excluding hydrogens is 448 g/mol. The minimum Gasteiger partial charge on any atom is -0.480 e. The van der Waals surface area contributed by atoms with Gasteiger partial charge < -0.3 is 25.2 Å². The van der Waals surface area contributed by atoms with Crippen molar-refractivity contribution in [2.75, 3.05) is 19.8 Å². The molecule has 0 bridgehead atoms. The molecule has 8 nitrogen and oxygen atoms in total. The molecule has 1 aliphatic carbocycles. The summed E-state index contributed by atoms with van der Waals surface area (Å²) in [6.45, 7) is 4.13. The van der Waals surface area contributed by atoms with E-state index < -0.39 is 29.6 Å². The third-order valence-corrected chi connectivity index (χ3v) is 6.95. The van der Waals surface area contributed by atoms with Crippen LogP contribution in [0.1, 0.15) is 50.2 Å². The molecule has 2 aliphatic rings. The van der Waals surface area contributed by atoms with Crippen LogP contribution in [0.25, 0.3) is 11.1 Å². The Morgan fingerprint density at radius 3 is 2.31 bits per heavy atom. The minimum atomic E-state index is -1.36. The monoisotopic (exact) mass is 480 g/mol. The molecule has 2 aromatic carbocycles. The third kappa shape index (κ3) is 5.17. The van der Waals surface area contributed by atoms with Crippen LogP contribution in [0.4, 0.5) is 4.79 Å². The Kier molecular flexibility index (Phi) is 7.40. The van der Waals surface area contributed by atoms with Gasteiger partial charge in [0.2, 0.25) is 5.91 Å². The number of benzene rings is 2. The summed E-state index contributed by atoms with van der Waals surface area (Å²) >= 11 is 0. The molecule has 1 aliphatic heterocycles. The van der Waals surface area contributed by atoms with Gasteiger partial charge in [0.05, 0.1) is 0 Å². The molecule has 35 heavy (non-hydrogen) atoms. The first-order valence-corrected chi connectivity index (χ1v) is 12.1. The highest BCUT2D eigenvalue weighted by Gasteiger charge is 2.40. The third-order valence-electron chi connectivity index (χ3n) is 6.95. The van der Waals surface area contributed by atoms with Crippen LogP contribution >= 0.6 is 0 Å².